The first-order valence-corrected chi connectivity index (χ1v) is 7.09. The highest BCUT2D eigenvalue weighted by atomic mass is 16.5. The van der Waals surface area contributed by atoms with Gasteiger partial charge in [0.1, 0.15) is 0 Å². The quantitative estimate of drug-likeness (QED) is 0.765. The average Bonchev–Trinajstić information content (AvgIpc) is 2.39. The molecule has 0 aromatic heterocycles. The second kappa shape index (κ2) is 8.72. The first kappa shape index (κ1) is 16.7. The van der Waals surface area contributed by atoms with Crippen molar-refractivity contribution in [3.05, 3.63) is 35.4 Å². The maximum atomic E-state index is 11.7. The first-order chi connectivity index (χ1) is 9.52. The molecule has 0 fully saturated rings. The van der Waals surface area contributed by atoms with Crippen molar-refractivity contribution in [2.45, 2.75) is 40.0 Å². The van der Waals surface area contributed by atoms with E-state index >= 15 is 0 Å². The molecule has 1 aromatic carbocycles. The van der Waals surface area contributed by atoms with E-state index in [4.69, 9.17) is 4.74 Å². The normalized spacial score (nSPS) is 12.4. The predicted octanol–water partition coefficient (Wildman–Crippen LogP) is 2.08. The lowest BCUT2D eigenvalue weighted by Gasteiger charge is -2.17. The highest BCUT2D eigenvalue weighted by Gasteiger charge is 2.09. The summed E-state index contributed by atoms with van der Waals surface area (Å²) in [5, 5.41) is 6.14. The van der Waals surface area contributed by atoms with E-state index in [0.29, 0.717) is 25.6 Å². The maximum Gasteiger partial charge on any atom is 0.234 e. The monoisotopic (exact) mass is 278 g/mol. The molecule has 2 N–H and O–H groups in total. The molecule has 0 aliphatic heterocycles. The number of nitrogens with one attached hydrogen (secondary N) is 2. The van der Waals surface area contributed by atoms with Gasteiger partial charge in [0.15, 0.2) is 0 Å². The van der Waals surface area contributed by atoms with Gasteiger partial charge in [-0.3, -0.25) is 4.79 Å². The third-order valence-corrected chi connectivity index (χ3v) is 3.31. The van der Waals surface area contributed by atoms with E-state index in [1.165, 1.54) is 0 Å². The molecule has 112 valence electrons. The summed E-state index contributed by atoms with van der Waals surface area (Å²) in [5.74, 6) is 0.490. The Kier molecular flexibility index (Phi) is 7.26. The molecular formula is C16H26N2O2. The highest BCUT2D eigenvalue weighted by Crippen LogP contribution is 2.06. The average molecular weight is 278 g/mol. The fourth-order valence-electron chi connectivity index (χ4n) is 1.79. The van der Waals surface area contributed by atoms with Gasteiger partial charge in [-0.15, -0.1) is 0 Å². The lowest BCUT2D eigenvalue weighted by molar-refractivity contribution is -0.121. The summed E-state index contributed by atoms with van der Waals surface area (Å²) in [6, 6.07) is 8.37. The Morgan fingerprint density at radius 2 is 1.95 bits per heavy atom. The van der Waals surface area contributed by atoms with Crippen molar-refractivity contribution in [2.75, 3.05) is 13.7 Å². The summed E-state index contributed by atoms with van der Waals surface area (Å²) < 4.78 is 5.11. The van der Waals surface area contributed by atoms with E-state index in [2.05, 4.69) is 30.5 Å². The smallest absolute Gasteiger partial charge is 0.234 e. The van der Waals surface area contributed by atoms with Crippen LogP contribution in [0.3, 0.4) is 0 Å². The Morgan fingerprint density at radius 3 is 2.60 bits per heavy atom. The number of benzene rings is 1. The van der Waals surface area contributed by atoms with Crippen LogP contribution in [0.15, 0.2) is 24.3 Å². The van der Waals surface area contributed by atoms with Gasteiger partial charge >= 0.3 is 0 Å². The maximum absolute atomic E-state index is 11.7. The molecule has 4 heteroatoms. The second-order valence-corrected chi connectivity index (χ2v) is 5.46. The number of rotatable bonds is 8. The summed E-state index contributed by atoms with van der Waals surface area (Å²) in [5.41, 5.74) is 2.30. The van der Waals surface area contributed by atoms with E-state index in [9.17, 15) is 4.79 Å². The van der Waals surface area contributed by atoms with Crippen LogP contribution in [0.1, 0.15) is 31.9 Å². The zero-order valence-electron chi connectivity index (χ0n) is 12.9. The van der Waals surface area contributed by atoms with E-state index in [-0.39, 0.29) is 11.9 Å². The van der Waals surface area contributed by atoms with Gasteiger partial charge in [-0.05, 0) is 24.0 Å². The summed E-state index contributed by atoms with van der Waals surface area (Å²) in [7, 11) is 1.69. The van der Waals surface area contributed by atoms with Crippen LogP contribution in [-0.4, -0.2) is 25.6 Å². The van der Waals surface area contributed by atoms with Crippen molar-refractivity contribution >= 4 is 5.91 Å². The molecule has 0 radical (unpaired) electrons. The molecule has 0 aliphatic rings. The van der Waals surface area contributed by atoms with Crippen molar-refractivity contribution in [1.29, 1.82) is 0 Å². The van der Waals surface area contributed by atoms with Gasteiger partial charge in [0, 0.05) is 19.7 Å². The Bertz CT molecular complexity index is 419. The first-order valence-electron chi connectivity index (χ1n) is 7.09. The van der Waals surface area contributed by atoms with Gasteiger partial charge in [0.05, 0.1) is 13.2 Å². The number of carbonyl (C=O) groups is 1. The van der Waals surface area contributed by atoms with E-state index in [1.807, 2.05) is 25.1 Å². The van der Waals surface area contributed by atoms with Crippen LogP contribution in [0.2, 0.25) is 0 Å². The zero-order chi connectivity index (χ0) is 15.0. The van der Waals surface area contributed by atoms with Gasteiger partial charge in [-0.2, -0.15) is 0 Å². The van der Waals surface area contributed by atoms with Crippen LogP contribution >= 0.6 is 0 Å². The molecule has 1 unspecified atom stereocenters. The van der Waals surface area contributed by atoms with Crippen molar-refractivity contribution in [3.63, 3.8) is 0 Å². The number of carbonyl (C=O) groups excluding carboxylic acids is 1. The molecule has 0 bridgehead atoms. The second-order valence-electron chi connectivity index (χ2n) is 5.46. The summed E-state index contributed by atoms with van der Waals surface area (Å²) >= 11 is 0. The summed E-state index contributed by atoms with van der Waals surface area (Å²) in [6.45, 7) is 7.85. The largest absolute Gasteiger partial charge is 0.380 e. The Balaban J connectivity index is 2.33. The van der Waals surface area contributed by atoms with E-state index < -0.39 is 0 Å². The predicted molar refractivity (Wildman–Crippen MR) is 81.3 cm³/mol. The van der Waals surface area contributed by atoms with Crippen LogP contribution in [0.5, 0.6) is 0 Å². The van der Waals surface area contributed by atoms with Gasteiger partial charge in [-0.1, -0.05) is 38.1 Å². The summed E-state index contributed by atoms with van der Waals surface area (Å²) in [6.07, 6.45) is 0. The molecule has 1 amide bonds. The van der Waals surface area contributed by atoms with E-state index in [1.54, 1.807) is 7.11 Å². The molecule has 4 nitrogen and oxygen atoms in total. The number of hydrogen-bond donors (Lipinski definition) is 2. The minimum Gasteiger partial charge on any atom is -0.380 e. The molecular weight excluding hydrogens is 252 g/mol. The third-order valence-electron chi connectivity index (χ3n) is 3.31. The van der Waals surface area contributed by atoms with Crippen LogP contribution < -0.4 is 10.6 Å². The molecule has 20 heavy (non-hydrogen) atoms. The molecule has 1 rings (SSSR count). The van der Waals surface area contributed by atoms with Gasteiger partial charge in [0.25, 0.3) is 0 Å². The highest BCUT2D eigenvalue weighted by molar-refractivity contribution is 5.78. The minimum atomic E-state index is 0.0410. The van der Waals surface area contributed by atoms with Crippen LogP contribution in [-0.2, 0) is 22.7 Å². The van der Waals surface area contributed by atoms with Crippen LogP contribution in [0.4, 0.5) is 0 Å². The molecule has 0 aliphatic carbocycles. The van der Waals surface area contributed by atoms with Crippen LogP contribution in [0.25, 0.3) is 0 Å². The number of hydrogen-bond acceptors (Lipinski definition) is 3. The topological polar surface area (TPSA) is 50.4 Å². The zero-order valence-corrected chi connectivity index (χ0v) is 12.9. The lowest BCUT2D eigenvalue weighted by atomic mass is 10.1. The SMILES string of the molecule is COCc1cccc(CNCC(=O)NC(C)C(C)C)c1. The molecule has 0 spiro atoms. The Hall–Kier alpha value is -1.39. The number of methoxy groups -OCH3 is 1. The molecule has 0 saturated carbocycles. The van der Waals surface area contributed by atoms with Crippen molar-refractivity contribution in [3.8, 4) is 0 Å². The number of amides is 1. The van der Waals surface area contributed by atoms with Crippen molar-refractivity contribution < 1.29 is 9.53 Å². The molecule has 1 atom stereocenters. The molecule has 0 heterocycles. The summed E-state index contributed by atoms with van der Waals surface area (Å²) in [4.78, 5) is 11.7. The van der Waals surface area contributed by atoms with E-state index in [0.717, 1.165) is 11.1 Å². The lowest BCUT2D eigenvalue weighted by Crippen LogP contribution is -2.41. The number of ether oxygens (including phenoxy) is 1. The van der Waals surface area contributed by atoms with Gasteiger partial charge in [-0.25, -0.2) is 0 Å². The van der Waals surface area contributed by atoms with Crippen molar-refractivity contribution in [2.24, 2.45) is 5.92 Å². The third kappa shape index (κ3) is 6.17. The molecule has 0 saturated heterocycles. The van der Waals surface area contributed by atoms with Crippen molar-refractivity contribution in [1.82, 2.24) is 10.6 Å². The molecule has 1 aromatic rings. The Labute approximate surface area is 121 Å². The minimum absolute atomic E-state index is 0.0410. The van der Waals surface area contributed by atoms with Gasteiger partial charge < -0.3 is 15.4 Å². The fraction of sp³-hybridized carbons (Fsp3) is 0.562. The van der Waals surface area contributed by atoms with Gasteiger partial charge in [0.2, 0.25) is 5.91 Å². The standard InChI is InChI=1S/C16H26N2O2/c1-12(2)13(3)18-16(19)10-17-9-14-6-5-7-15(8-14)11-20-4/h5-8,12-13,17H,9-11H2,1-4H3,(H,18,19). The van der Waals surface area contributed by atoms with Crippen LogP contribution in [0, 0.1) is 5.92 Å². The Morgan fingerprint density at radius 1 is 1.25 bits per heavy atom. The fourth-order valence-corrected chi connectivity index (χ4v) is 1.79.